The molecule has 2 aromatic rings. The van der Waals surface area contributed by atoms with Gasteiger partial charge in [0.25, 0.3) is 0 Å². The Labute approximate surface area is 98.3 Å². The second kappa shape index (κ2) is 3.96. The quantitative estimate of drug-likeness (QED) is 0.881. The van der Waals surface area contributed by atoms with Gasteiger partial charge in [0.15, 0.2) is 0 Å². The number of nitrogens with two attached hydrogens (primary N) is 1. The minimum Gasteiger partial charge on any atom is -0.324 e. The lowest BCUT2D eigenvalue weighted by Gasteiger charge is -1.96. The Morgan fingerprint density at radius 3 is 2.69 bits per heavy atom. The molecule has 1 heterocycles. The van der Waals surface area contributed by atoms with Gasteiger partial charge in [0.2, 0.25) is 0 Å². The van der Waals surface area contributed by atoms with Gasteiger partial charge in [-0.2, -0.15) is 0 Å². The summed E-state index contributed by atoms with van der Waals surface area (Å²) in [7, 11) is 0. The highest BCUT2D eigenvalue weighted by molar-refractivity contribution is 7.11. The van der Waals surface area contributed by atoms with E-state index in [1.54, 1.807) is 11.3 Å². The Morgan fingerprint density at radius 2 is 2.00 bits per heavy atom. The van der Waals surface area contributed by atoms with Crippen LogP contribution >= 0.6 is 11.3 Å². The van der Waals surface area contributed by atoms with Crippen molar-refractivity contribution in [1.29, 1.82) is 0 Å². The highest BCUT2D eigenvalue weighted by Crippen LogP contribution is 2.55. The third kappa shape index (κ3) is 1.74. The summed E-state index contributed by atoms with van der Waals surface area (Å²) >= 11 is 1.65. The van der Waals surface area contributed by atoms with E-state index in [1.165, 1.54) is 12.0 Å². The van der Waals surface area contributed by atoms with E-state index in [9.17, 15) is 0 Å². The number of hydrogen-bond acceptors (Lipinski definition) is 4. The van der Waals surface area contributed by atoms with Crippen LogP contribution in [0.25, 0.3) is 0 Å². The van der Waals surface area contributed by atoms with E-state index < -0.39 is 0 Å². The van der Waals surface area contributed by atoms with Gasteiger partial charge in [-0.3, -0.25) is 0 Å². The topological polar surface area (TPSA) is 51.8 Å². The minimum absolute atomic E-state index is 0.500. The average molecular weight is 231 g/mol. The molecule has 1 saturated carbocycles. The van der Waals surface area contributed by atoms with Crippen LogP contribution in [0.15, 0.2) is 30.3 Å². The van der Waals surface area contributed by atoms with Crippen molar-refractivity contribution in [3.8, 4) is 0 Å². The predicted octanol–water partition coefficient (Wildman–Crippen LogP) is 2.27. The fourth-order valence-electron chi connectivity index (χ4n) is 2.04. The summed E-state index contributed by atoms with van der Waals surface area (Å²) in [5.41, 5.74) is 6.95. The molecule has 0 spiro atoms. The van der Waals surface area contributed by atoms with E-state index in [-0.39, 0.29) is 0 Å². The number of benzene rings is 1. The Bertz CT molecular complexity index is 480. The lowest BCUT2D eigenvalue weighted by atomic mass is 10.1. The fourth-order valence-corrected chi connectivity index (χ4v) is 2.94. The summed E-state index contributed by atoms with van der Waals surface area (Å²) in [6.07, 6.45) is 1.20. The molecule has 2 N–H and O–H groups in total. The maximum Gasteiger partial charge on any atom is 0.131 e. The Hall–Kier alpha value is -1.26. The first-order chi connectivity index (χ1) is 7.88. The molecule has 1 aromatic carbocycles. The third-order valence-corrected chi connectivity index (χ3v) is 4.07. The monoisotopic (exact) mass is 231 g/mol. The van der Waals surface area contributed by atoms with Crippen LogP contribution in [0.2, 0.25) is 0 Å². The lowest BCUT2D eigenvalue weighted by molar-refractivity contribution is 0.905. The van der Waals surface area contributed by atoms with Crippen LogP contribution in [0, 0.1) is 0 Å². The molecular weight excluding hydrogens is 218 g/mol. The van der Waals surface area contributed by atoms with Gasteiger partial charge in [-0.05, 0) is 17.9 Å². The van der Waals surface area contributed by atoms with Gasteiger partial charge in [-0.1, -0.05) is 41.7 Å². The third-order valence-electron chi connectivity index (χ3n) is 2.99. The lowest BCUT2D eigenvalue weighted by Crippen LogP contribution is -1.94. The standard InChI is InChI=1S/C12H13N3S/c13-7-11-14-15-12(16-11)10-6-9(10)8-4-2-1-3-5-8/h1-5,9-10H,6-7,13H2. The molecule has 4 heteroatoms. The van der Waals surface area contributed by atoms with Crippen LogP contribution in [-0.4, -0.2) is 10.2 Å². The maximum atomic E-state index is 5.54. The summed E-state index contributed by atoms with van der Waals surface area (Å²) in [5, 5.41) is 10.4. The molecule has 3 rings (SSSR count). The Kier molecular flexibility index (Phi) is 2.46. The zero-order chi connectivity index (χ0) is 11.0. The van der Waals surface area contributed by atoms with Gasteiger partial charge in [-0.25, -0.2) is 0 Å². The van der Waals surface area contributed by atoms with Crippen molar-refractivity contribution >= 4 is 11.3 Å². The summed E-state index contributed by atoms with van der Waals surface area (Å²) in [6, 6.07) is 10.6. The van der Waals surface area contributed by atoms with Crippen molar-refractivity contribution in [3.63, 3.8) is 0 Å². The number of rotatable bonds is 3. The van der Waals surface area contributed by atoms with E-state index in [1.807, 2.05) is 0 Å². The molecule has 1 aromatic heterocycles. The normalized spacial score (nSPS) is 23.3. The molecule has 1 aliphatic rings. The van der Waals surface area contributed by atoms with E-state index in [0.717, 1.165) is 10.0 Å². The predicted molar refractivity (Wildman–Crippen MR) is 64.3 cm³/mol. The molecule has 1 aliphatic carbocycles. The number of hydrogen-bond donors (Lipinski definition) is 1. The zero-order valence-corrected chi connectivity index (χ0v) is 9.65. The molecule has 1 fully saturated rings. The molecule has 0 aliphatic heterocycles. The van der Waals surface area contributed by atoms with Crippen molar-refractivity contribution in [1.82, 2.24) is 10.2 Å². The highest BCUT2D eigenvalue weighted by Gasteiger charge is 2.41. The summed E-state index contributed by atoms with van der Waals surface area (Å²) in [5.74, 6) is 1.21. The van der Waals surface area contributed by atoms with E-state index in [0.29, 0.717) is 18.4 Å². The smallest absolute Gasteiger partial charge is 0.131 e. The number of aromatic nitrogens is 2. The Balaban J connectivity index is 1.76. The van der Waals surface area contributed by atoms with Gasteiger partial charge in [0.1, 0.15) is 10.0 Å². The molecule has 82 valence electrons. The first kappa shape index (κ1) is 9.93. The van der Waals surface area contributed by atoms with Crippen molar-refractivity contribution < 1.29 is 0 Å². The first-order valence-electron chi connectivity index (χ1n) is 5.46. The van der Waals surface area contributed by atoms with Crippen molar-refractivity contribution in [2.45, 2.75) is 24.8 Å². The van der Waals surface area contributed by atoms with Gasteiger partial charge < -0.3 is 5.73 Å². The van der Waals surface area contributed by atoms with Gasteiger partial charge in [0, 0.05) is 12.5 Å². The minimum atomic E-state index is 0.500. The highest BCUT2D eigenvalue weighted by atomic mass is 32.1. The molecule has 3 nitrogen and oxygen atoms in total. The van der Waals surface area contributed by atoms with Crippen molar-refractivity contribution in [2.24, 2.45) is 5.73 Å². The van der Waals surface area contributed by atoms with Crippen molar-refractivity contribution in [2.75, 3.05) is 0 Å². The summed E-state index contributed by atoms with van der Waals surface area (Å²) < 4.78 is 0. The molecule has 0 amide bonds. The van der Waals surface area contributed by atoms with Crippen molar-refractivity contribution in [3.05, 3.63) is 45.9 Å². The fraction of sp³-hybridized carbons (Fsp3) is 0.333. The number of nitrogens with zero attached hydrogens (tertiary/aromatic N) is 2. The maximum absolute atomic E-state index is 5.54. The zero-order valence-electron chi connectivity index (χ0n) is 8.84. The summed E-state index contributed by atoms with van der Waals surface area (Å²) in [6.45, 7) is 0.500. The molecule has 16 heavy (non-hydrogen) atoms. The van der Waals surface area contributed by atoms with E-state index in [4.69, 9.17) is 5.73 Å². The molecule has 0 bridgehead atoms. The SMILES string of the molecule is NCc1nnc(C2CC2c2ccccc2)s1. The van der Waals surface area contributed by atoms with Crippen LogP contribution in [-0.2, 0) is 6.54 Å². The second-order valence-corrected chi connectivity index (χ2v) is 5.19. The van der Waals surface area contributed by atoms with E-state index >= 15 is 0 Å². The van der Waals surface area contributed by atoms with Crippen LogP contribution in [0.1, 0.15) is 33.8 Å². The Morgan fingerprint density at radius 1 is 1.19 bits per heavy atom. The van der Waals surface area contributed by atoms with Crippen LogP contribution < -0.4 is 5.73 Å². The van der Waals surface area contributed by atoms with Crippen LogP contribution in [0.3, 0.4) is 0 Å². The first-order valence-corrected chi connectivity index (χ1v) is 6.27. The average Bonchev–Trinajstić information content (AvgIpc) is 3.01. The van der Waals surface area contributed by atoms with E-state index in [2.05, 4.69) is 40.5 Å². The molecular formula is C12H13N3S. The molecule has 0 radical (unpaired) electrons. The van der Waals surface area contributed by atoms with Crippen LogP contribution in [0.4, 0.5) is 0 Å². The second-order valence-electron chi connectivity index (χ2n) is 4.10. The van der Waals surface area contributed by atoms with Gasteiger partial charge >= 0.3 is 0 Å². The van der Waals surface area contributed by atoms with Crippen LogP contribution in [0.5, 0.6) is 0 Å². The molecule has 2 unspecified atom stereocenters. The largest absolute Gasteiger partial charge is 0.324 e. The molecule has 0 saturated heterocycles. The van der Waals surface area contributed by atoms with Gasteiger partial charge in [-0.15, -0.1) is 10.2 Å². The van der Waals surface area contributed by atoms with Gasteiger partial charge in [0.05, 0.1) is 0 Å². The summed E-state index contributed by atoms with van der Waals surface area (Å²) in [4.78, 5) is 0. The molecule has 2 atom stereocenters.